The van der Waals surface area contributed by atoms with E-state index in [0.29, 0.717) is 5.16 Å². The second-order valence-electron chi connectivity index (χ2n) is 6.63. The van der Waals surface area contributed by atoms with Crippen LogP contribution < -0.4 is 5.32 Å². The first kappa shape index (κ1) is 18.3. The summed E-state index contributed by atoms with van der Waals surface area (Å²) in [6.45, 7) is 2.05. The fourth-order valence-corrected chi connectivity index (χ4v) is 3.70. The number of aryl methyl sites for hydroxylation is 1. The van der Waals surface area contributed by atoms with Crippen molar-refractivity contribution in [3.05, 3.63) is 72.3 Å². The Bertz CT molecular complexity index is 1130. The molecule has 0 atom stereocenters. The van der Waals surface area contributed by atoms with Gasteiger partial charge in [-0.1, -0.05) is 71.9 Å². The van der Waals surface area contributed by atoms with E-state index in [4.69, 9.17) is 0 Å². The predicted molar refractivity (Wildman–Crippen MR) is 114 cm³/mol. The minimum atomic E-state index is -0.0693. The number of nitrogens with zero attached hydrogens (tertiary/aromatic N) is 3. The number of thioether (sulfide) groups is 1. The normalized spacial score (nSPS) is 10.9. The van der Waals surface area contributed by atoms with Gasteiger partial charge in [0.15, 0.2) is 11.0 Å². The number of aromatic nitrogens is 3. The first-order valence-electron chi connectivity index (χ1n) is 8.98. The van der Waals surface area contributed by atoms with Crippen molar-refractivity contribution in [1.82, 2.24) is 14.8 Å². The first-order chi connectivity index (χ1) is 13.6. The van der Waals surface area contributed by atoms with Gasteiger partial charge in [-0.2, -0.15) is 0 Å². The molecule has 1 aromatic heterocycles. The Balaban J connectivity index is 1.41. The fourth-order valence-electron chi connectivity index (χ4n) is 2.99. The number of hydrogen-bond donors (Lipinski definition) is 1. The molecule has 0 saturated carbocycles. The second-order valence-corrected chi connectivity index (χ2v) is 7.57. The summed E-state index contributed by atoms with van der Waals surface area (Å²) in [5.74, 6) is 0.991. The number of nitrogens with one attached hydrogen (secondary N) is 1. The number of carbonyl (C=O) groups is 1. The summed E-state index contributed by atoms with van der Waals surface area (Å²) in [5.41, 5.74) is 3.00. The van der Waals surface area contributed by atoms with Crippen molar-refractivity contribution in [2.24, 2.45) is 7.05 Å². The number of anilines is 1. The smallest absolute Gasteiger partial charge is 0.234 e. The lowest BCUT2D eigenvalue weighted by Crippen LogP contribution is -2.14. The molecule has 28 heavy (non-hydrogen) atoms. The second kappa shape index (κ2) is 7.86. The van der Waals surface area contributed by atoms with Crippen molar-refractivity contribution < 1.29 is 4.79 Å². The Morgan fingerprint density at radius 3 is 2.54 bits per heavy atom. The van der Waals surface area contributed by atoms with E-state index in [2.05, 4.69) is 28.5 Å². The van der Waals surface area contributed by atoms with Crippen molar-refractivity contribution in [3.63, 3.8) is 0 Å². The molecule has 0 unspecified atom stereocenters. The summed E-state index contributed by atoms with van der Waals surface area (Å²) in [5, 5.41) is 14.4. The SMILES string of the molecule is Cc1ccc(-c2nnc(SCC(=O)Nc3ccc4ccccc4c3)n2C)cc1. The van der Waals surface area contributed by atoms with Crippen LogP contribution in [0.1, 0.15) is 5.56 Å². The molecule has 0 fully saturated rings. The van der Waals surface area contributed by atoms with Crippen molar-refractivity contribution in [3.8, 4) is 11.4 Å². The van der Waals surface area contributed by atoms with Crippen molar-refractivity contribution in [1.29, 1.82) is 0 Å². The van der Waals surface area contributed by atoms with Crippen LogP contribution >= 0.6 is 11.8 Å². The van der Waals surface area contributed by atoms with Crippen molar-refractivity contribution in [2.45, 2.75) is 12.1 Å². The third-order valence-corrected chi connectivity index (χ3v) is 5.53. The average molecular weight is 388 g/mol. The van der Waals surface area contributed by atoms with Crippen LogP contribution in [0.15, 0.2) is 71.9 Å². The van der Waals surface area contributed by atoms with Gasteiger partial charge in [0.2, 0.25) is 5.91 Å². The van der Waals surface area contributed by atoms with Crippen LogP contribution in [0, 0.1) is 6.92 Å². The van der Waals surface area contributed by atoms with E-state index < -0.39 is 0 Å². The van der Waals surface area contributed by atoms with E-state index in [-0.39, 0.29) is 11.7 Å². The highest BCUT2D eigenvalue weighted by Gasteiger charge is 2.13. The lowest BCUT2D eigenvalue weighted by molar-refractivity contribution is -0.113. The predicted octanol–water partition coefficient (Wildman–Crippen LogP) is 4.67. The van der Waals surface area contributed by atoms with Gasteiger partial charge in [0.1, 0.15) is 0 Å². The summed E-state index contributed by atoms with van der Waals surface area (Å²) in [7, 11) is 1.92. The molecule has 0 bridgehead atoms. The standard InChI is InChI=1S/C22H20N4OS/c1-15-7-9-17(10-8-15)21-24-25-22(26(21)2)28-14-20(27)23-19-12-11-16-5-3-4-6-18(16)13-19/h3-13H,14H2,1-2H3,(H,23,27). The van der Waals surface area contributed by atoms with Gasteiger partial charge in [0.05, 0.1) is 5.75 Å². The Morgan fingerprint density at radius 2 is 1.75 bits per heavy atom. The van der Waals surface area contributed by atoms with Gasteiger partial charge in [-0.3, -0.25) is 4.79 Å². The van der Waals surface area contributed by atoms with Gasteiger partial charge < -0.3 is 9.88 Å². The summed E-state index contributed by atoms with van der Waals surface area (Å²) in [6, 6.07) is 22.1. The van der Waals surface area contributed by atoms with Gasteiger partial charge in [-0.15, -0.1) is 10.2 Å². The molecule has 6 heteroatoms. The van der Waals surface area contributed by atoms with Crippen LogP contribution in [0.4, 0.5) is 5.69 Å². The molecule has 4 aromatic rings. The number of benzene rings is 3. The maximum Gasteiger partial charge on any atom is 0.234 e. The molecule has 0 saturated heterocycles. The summed E-state index contributed by atoms with van der Waals surface area (Å²) in [6.07, 6.45) is 0. The van der Waals surface area contributed by atoms with Gasteiger partial charge in [-0.25, -0.2) is 0 Å². The highest BCUT2D eigenvalue weighted by molar-refractivity contribution is 7.99. The summed E-state index contributed by atoms with van der Waals surface area (Å²) in [4.78, 5) is 12.4. The number of amides is 1. The third kappa shape index (κ3) is 3.92. The molecule has 1 N–H and O–H groups in total. The Kier molecular flexibility index (Phi) is 5.12. The zero-order chi connectivity index (χ0) is 19.5. The summed E-state index contributed by atoms with van der Waals surface area (Å²) >= 11 is 1.37. The molecule has 0 aliphatic carbocycles. The van der Waals surface area contributed by atoms with Crippen LogP contribution in [0.3, 0.4) is 0 Å². The zero-order valence-electron chi connectivity index (χ0n) is 15.7. The minimum Gasteiger partial charge on any atom is -0.325 e. The topological polar surface area (TPSA) is 59.8 Å². The summed E-state index contributed by atoms with van der Waals surface area (Å²) < 4.78 is 1.92. The monoisotopic (exact) mass is 388 g/mol. The quantitative estimate of drug-likeness (QED) is 0.505. The van der Waals surface area contributed by atoms with Crippen LogP contribution in [0.25, 0.3) is 22.2 Å². The van der Waals surface area contributed by atoms with E-state index in [0.717, 1.165) is 27.8 Å². The molecule has 1 amide bonds. The van der Waals surface area contributed by atoms with Crippen LogP contribution in [-0.4, -0.2) is 26.4 Å². The molecule has 0 radical (unpaired) electrons. The fraction of sp³-hybridized carbons (Fsp3) is 0.136. The molecule has 140 valence electrons. The van der Waals surface area contributed by atoms with Crippen LogP contribution in [0.2, 0.25) is 0 Å². The molecule has 1 heterocycles. The third-order valence-electron chi connectivity index (χ3n) is 4.51. The van der Waals surface area contributed by atoms with E-state index in [1.165, 1.54) is 17.3 Å². The average Bonchev–Trinajstić information content (AvgIpc) is 3.07. The number of rotatable bonds is 5. The van der Waals surface area contributed by atoms with Gasteiger partial charge in [0.25, 0.3) is 0 Å². The molecule has 4 rings (SSSR count). The highest BCUT2D eigenvalue weighted by atomic mass is 32.2. The molecular weight excluding hydrogens is 368 g/mol. The first-order valence-corrected chi connectivity index (χ1v) is 9.96. The van der Waals surface area contributed by atoms with E-state index in [1.807, 2.05) is 72.3 Å². The van der Waals surface area contributed by atoms with Crippen LogP contribution in [0.5, 0.6) is 0 Å². The molecule has 3 aromatic carbocycles. The molecule has 0 spiro atoms. The Hall–Kier alpha value is -3.12. The van der Waals surface area contributed by atoms with Crippen LogP contribution in [-0.2, 0) is 11.8 Å². The Morgan fingerprint density at radius 1 is 1.00 bits per heavy atom. The van der Waals surface area contributed by atoms with Gasteiger partial charge >= 0.3 is 0 Å². The van der Waals surface area contributed by atoms with Gasteiger partial charge in [-0.05, 0) is 29.8 Å². The Labute approximate surface area is 167 Å². The number of hydrogen-bond acceptors (Lipinski definition) is 4. The maximum absolute atomic E-state index is 12.4. The van der Waals surface area contributed by atoms with Crippen molar-refractivity contribution in [2.75, 3.05) is 11.1 Å². The molecule has 5 nitrogen and oxygen atoms in total. The van der Waals surface area contributed by atoms with E-state index in [1.54, 1.807) is 0 Å². The molecule has 0 aliphatic heterocycles. The maximum atomic E-state index is 12.4. The largest absolute Gasteiger partial charge is 0.325 e. The zero-order valence-corrected chi connectivity index (χ0v) is 16.5. The number of carbonyl (C=O) groups excluding carboxylic acids is 1. The molecule has 0 aliphatic rings. The van der Waals surface area contributed by atoms with E-state index in [9.17, 15) is 4.79 Å². The number of fused-ring (bicyclic) bond motifs is 1. The highest BCUT2D eigenvalue weighted by Crippen LogP contribution is 2.23. The minimum absolute atomic E-state index is 0.0693. The lowest BCUT2D eigenvalue weighted by atomic mass is 10.1. The molecular formula is C22H20N4OS. The van der Waals surface area contributed by atoms with Crippen molar-refractivity contribution >= 4 is 34.1 Å². The van der Waals surface area contributed by atoms with Gasteiger partial charge in [0, 0.05) is 18.3 Å². The van der Waals surface area contributed by atoms with E-state index >= 15 is 0 Å². The lowest BCUT2D eigenvalue weighted by Gasteiger charge is -2.07.